The third-order valence-corrected chi connectivity index (χ3v) is 3.49. The zero-order valence-electron chi connectivity index (χ0n) is 12.1. The fourth-order valence-corrected chi connectivity index (χ4v) is 2.43. The average molecular weight is 332 g/mol. The Morgan fingerprint density at radius 1 is 1.09 bits per heavy atom. The molecule has 0 saturated carbocycles. The standard InChI is InChI=1S/C16H14ClN3O3/c17-11-3-1-4-12(9-11)18-15(21)19-13-5-2-6-14(10-13)20-7-8-23-16(20)22/h1-6,9-10H,7-8H2,(H2,18,19,21). The van der Waals surface area contributed by atoms with E-state index in [-0.39, 0.29) is 6.09 Å². The molecule has 1 aliphatic rings. The first-order valence-electron chi connectivity index (χ1n) is 7.00. The summed E-state index contributed by atoms with van der Waals surface area (Å²) in [4.78, 5) is 25.1. The molecule has 3 amide bonds. The summed E-state index contributed by atoms with van der Waals surface area (Å²) in [6.07, 6.45) is -0.384. The summed E-state index contributed by atoms with van der Waals surface area (Å²) in [6, 6.07) is 13.5. The smallest absolute Gasteiger partial charge is 0.414 e. The van der Waals surface area contributed by atoms with Gasteiger partial charge in [-0.2, -0.15) is 0 Å². The van der Waals surface area contributed by atoms with E-state index in [0.29, 0.717) is 35.2 Å². The Morgan fingerprint density at radius 3 is 2.43 bits per heavy atom. The largest absolute Gasteiger partial charge is 0.447 e. The van der Waals surface area contributed by atoms with E-state index < -0.39 is 6.03 Å². The van der Waals surface area contributed by atoms with Crippen LogP contribution in [0, 0.1) is 0 Å². The zero-order valence-corrected chi connectivity index (χ0v) is 12.8. The van der Waals surface area contributed by atoms with Crippen LogP contribution in [0.3, 0.4) is 0 Å². The predicted octanol–water partition coefficient (Wildman–Crippen LogP) is 3.94. The maximum atomic E-state index is 12.0. The SMILES string of the molecule is O=C(Nc1cccc(Cl)c1)Nc1cccc(N2CCOC2=O)c1. The second kappa shape index (κ2) is 6.58. The van der Waals surface area contributed by atoms with Gasteiger partial charge in [-0.15, -0.1) is 0 Å². The molecule has 1 saturated heterocycles. The van der Waals surface area contributed by atoms with E-state index in [1.54, 1.807) is 48.5 Å². The number of ether oxygens (including phenoxy) is 1. The highest BCUT2D eigenvalue weighted by Gasteiger charge is 2.23. The highest BCUT2D eigenvalue weighted by molar-refractivity contribution is 6.30. The average Bonchev–Trinajstić information content (AvgIpc) is 2.93. The molecule has 2 aromatic carbocycles. The van der Waals surface area contributed by atoms with Gasteiger partial charge in [-0.05, 0) is 36.4 Å². The van der Waals surface area contributed by atoms with Crippen LogP contribution in [-0.2, 0) is 4.74 Å². The van der Waals surface area contributed by atoms with Crippen molar-refractivity contribution in [3.05, 3.63) is 53.6 Å². The normalized spacial score (nSPS) is 13.6. The van der Waals surface area contributed by atoms with E-state index in [9.17, 15) is 9.59 Å². The Balaban J connectivity index is 1.68. The molecule has 0 bridgehead atoms. The van der Waals surface area contributed by atoms with Gasteiger partial charge in [0.1, 0.15) is 6.61 Å². The van der Waals surface area contributed by atoms with E-state index >= 15 is 0 Å². The monoisotopic (exact) mass is 331 g/mol. The van der Waals surface area contributed by atoms with E-state index in [4.69, 9.17) is 16.3 Å². The van der Waals surface area contributed by atoms with E-state index in [1.165, 1.54) is 4.90 Å². The Hall–Kier alpha value is -2.73. The maximum absolute atomic E-state index is 12.0. The number of nitrogens with zero attached hydrogens (tertiary/aromatic N) is 1. The number of rotatable bonds is 3. The number of carbonyl (C=O) groups is 2. The predicted molar refractivity (Wildman–Crippen MR) is 89.2 cm³/mol. The molecule has 1 heterocycles. The number of cyclic esters (lactones) is 1. The molecule has 118 valence electrons. The molecule has 0 atom stereocenters. The molecule has 7 heteroatoms. The summed E-state index contributed by atoms with van der Waals surface area (Å²) in [5, 5.41) is 5.95. The molecule has 0 aromatic heterocycles. The van der Waals surface area contributed by atoms with Crippen LogP contribution in [0.5, 0.6) is 0 Å². The molecule has 0 unspecified atom stereocenters. The molecule has 3 rings (SSSR count). The van der Waals surface area contributed by atoms with Crippen LogP contribution < -0.4 is 15.5 Å². The van der Waals surface area contributed by atoms with Crippen LogP contribution >= 0.6 is 11.6 Å². The minimum absolute atomic E-state index is 0.367. The number of halogens is 1. The number of nitrogens with one attached hydrogen (secondary N) is 2. The quantitative estimate of drug-likeness (QED) is 0.894. The Labute approximate surface area is 138 Å². The van der Waals surface area contributed by atoms with Crippen molar-refractivity contribution in [2.45, 2.75) is 0 Å². The summed E-state index contributed by atoms with van der Waals surface area (Å²) in [5.41, 5.74) is 1.84. The minimum atomic E-state index is -0.395. The molecule has 0 radical (unpaired) electrons. The first-order chi connectivity index (χ1) is 11.1. The topological polar surface area (TPSA) is 70.7 Å². The molecule has 2 N–H and O–H groups in total. The molecule has 1 fully saturated rings. The summed E-state index contributed by atoms with van der Waals surface area (Å²) >= 11 is 5.87. The summed E-state index contributed by atoms with van der Waals surface area (Å²) in [5.74, 6) is 0. The number of benzene rings is 2. The van der Waals surface area contributed by atoms with Gasteiger partial charge >= 0.3 is 12.1 Å². The molecule has 23 heavy (non-hydrogen) atoms. The van der Waals surface area contributed by atoms with Crippen molar-refractivity contribution >= 4 is 40.8 Å². The fraction of sp³-hybridized carbons (Fsp3) is 0.125. The van der Waals surface area contributed by atoms with Crippen LogP contribution in [-0.4, -0.2) is 25.3 Å². The molecule has 6 nitrogen and oxygen atoms in total. The van der Waals surface area contributed by atoms with Gasteiger partial charge in [0.25, 0.3) is 0 Å². The van der Waals surface area contributed by atoms with Crippen molar-refractivity contribution < 1.29 is 14.3 Å². The van der Waals surface area contributed by atoms with E-state index in [1.807, 2.05) is 0 Å². The van der Waals surface area contributed by atoms with Crippen molar-refractivity contribution in [2.75, 3.05) is 28.7 Å². The number of hydrogen-bond acceptors (Lipinski definition) is 3. The van der Waals surface area contributed by atoms with Gasteiger partial charge in [0.15, 0.2) is 0 Å². The number of urea groups is 1. The number of hydrogen-bond donors (Lipinski definition) is 2. The second-order valence-electron chi connectivity index (χ2n) is 4.91. The molecule has 0 spiro atoms. The van der Waals surface area contributed by atoms with Crippen molar-refractivity contribution in [1.29, 1.82) is 0 Å². The van der Waals surface area contributed by atoms with Gasteiger partial charge in [-0.25, -0.2) is 9.59 Å². The summed E-state index contributed by atoms with van der Waals surface area (Å²) in [6.45, 7) is 0.864. The van der Waals surface area contributed by atoms with E-state index in [0.717, 1.165) is 0 Å². The highest BCUT2D eigenvalue weighted by atomic mass is 35.5. The van der Waals surface area contributed by atoms with Gasteiger partial charge in [0.05, 0.1) is 6.54 Å². The van der Waals surface area contributed by atoms with Crippen molar-refractivity contribution in [1.82, 2.24) is 0 Å². The molecular formula is C16H14ClN3O3. The van der Waals surface area contributed by atoms with Crippen LogP contribution in [0.15, 0.2) is 48.5 Å². The number of carbonyl (C=O) groups excluding carboxylic acids is 2. The Morgan fingerprint density at radius 2 is 1.78 bits per heavy atom. The lowest BCUT2D eigenvalue weighted by Crippen LogP contribution is -2.24. The first kappa shape index (κ1) is 15.2. The zero-order chi connectivity index (χ0) is 16.2. The van der Waals surface area contributed by atoms with Gasteiger partial charge in [0.2, 0.25) is 0 Å². The second-order valence-corrected chi connectivity index (χ2v) is 5.34. The van der Waals surface area contributed by atoms with Crippen LogP contribution in [0.4, 0.5) is 26.7 Å². The van der Waals surface area contributed by atoms with Crippen LogP contribution in [0.2, 0.25) is 5.02 Å². The highest BCUT2D eigenvalue weighted by Crippen LogP contribution is 2.22. The molecule has 0 aliphatic carbocycles. The molecule has 2 aromatic rings. The number of amides is 3. The third-order valence-electron chi connectivity index (χ3n) is 3.26. The van der Waals surface area contributed by atoms with Crippen LogP contribution in [0.25, 0.3) is 0 Å². The summed E-state index contributed by atoms with van der Waals surface area (Å²) < 4.78 is 4.91. The third kappa shape index (κ3) is 3.73. The lowest BCUT2D eigenvalue weighted by atomic mass is 10.2. The summed E-state index contributed by atoms with van der Waals surface area (Å²) in [7, 11) is 0. The molecular weight excluding hydrogens is 318 g/mol. The van der Waals surface area contributed by atoms with Crippen LogP contribution in [0.1, 0.15) is 0 Å². The van der Waals surface area contributed by atoms with Crippen molar-refractivity contribution in [3.63, 3.8) is 0 Å². The minimum Gasteiger partial charge on any atom is -0.447 e. The first-order valence-corrected chi connectivity index (χ1v) is 7.37. The Kier molecular flexibility index (Phi) is 4.34. The van der Waals surface area contributed by atoms with Crippen molar-refractivity contribution in [2.24, 2.45) is 0 Å². The van der Waals surface area contributed by atoms with Gasteiger partial charge in [-0.3, -0.25) is 4.90 Å². The molecule has 1 aliphatic heterocycles. The van der Waals surface area contributed by atoms with Gasteiger partial charge in [-0.1, -0.05) is 23.7 Å². The maximum Gasteiger partial charge on any atom is 0.414 e. The lowest BCUT2D eigenvalue weighted by molar-refractivity contribution is 0.181. The van der Waals surface area contributed by atoms with Gasteiger partial charge < -0.3 is 15.4 Å². The van der Waals surface area contributed by atoms with Crippen molar-refractivity contribution in [3.8, 4) is 0 Å². The van der Waals surface area contributed by atoms with E-state index in [2.05, 4.69) is 10.6 Å². The van der Waals surface area contributed by atoms with Gasteiger partial charge in [0, 0.05) is 22.1 Å². The fourth-order valence-electron chi connectivity index (χ4n) is 2.24. The Bertz CT molecular complexity index is 751. The lowest BCUT2D eigenvalue weighted by Gasteiger charge is -2.14. The number of anilines is 3.